The van der Waals surface area contributed by atoms with E-state index in [0.717, 1.165) is 0 Å². The zero-order valence-electron chi connectivity index (χ0n) is 13.7. The standard InChI is InChI=1S/C17H16ClN3O4/c1-17(2)7-19-15-12(21(23)24)6-11-14(22)10-5-9(18)3-4-13(10)25-16(11)20(15)8-17/h3-6,16,19H,7-8H2,1-2H3. The third kappa shape index (κ3) is 2.46. The van der Waals surface area contributed by atoms with Crippen LogP contribution in [0.5, 0.6) is 5.75 Å². The summed E-state index contributed by atoms with van der Waals surface area (Å²) >= 11 is 5.98. The van der Waals surface area contributed by atoms with E-state index in [9.17, 15) is 14.9 Å². The minimum absolute atomic E-state index is 0.121. The first kappa shape index (κ1) is 16.0. The molecule has 130 valence electrons. The van der Waals surface area contributed by atoms with Crippen molar-refractivity contribution in [3.63, 3.8) is 0 Å². The van der Waals surface area contributed by atoms with E-state index >= 15 is 0 Å². The lowest BCUT2D eigenvalue weighted by atomic mass is 9.87. The largest absolute Gasteiger partial charge is 0.465 e. The number of nitrogens with one attached hydrogen (secondary N) is 1. The minimum Gasteiger partial charge on any atom is -0.465 e. The molecule has 0 bridgehead atoms. The van der Waals surface area contributed by atoms with Gasteiger partial charge in [0, 0.05) is 24.2 Å². The van der Waals surface area contributed by atoms with E-state index in [1.165, 1.54) is 12.1 Å². The Labute approximate surface area is 149 Å². The topological polar surface area (TPSA) is 84.7 Å². The summed E-state index contributed by atoms with van der Waals surface area (Å²) < 4.78 is 6.03. The van der Waals surface area contributed by atoms with Gasteiger partial charge >= 0.3 is 5.70 Å². The van der Waals surface area contributed by atoms with Crippen molar-refractivity contribution in [1.82, 2.24) is 10.2 Å². The highest BCUT2D eigenvalue weighted by Crippen LogP contribution is 2.40. The van der Waals surface area contributed by atoms with Gasteiger partial charge in [0.2, 0.25) is 6.23 Å². The number of ether oxygens (including phenoxy) is 1. The summed E-state index contributed by atoms with van der Waals surface area (Å²) in [5.41, 5.74) is 0.333. The fourth-order valence-electron chi connectivity index (χ4n) is 3.42. The van der Waals surface area contributed by atoms with Crippen LogP contribution in [0.25, 0.3) is 0 Å². The van der Waals surface area contributed by atoms with Crippen LogP contribution < -0.4 is 10.1 Å². The van der Waals surface area contributed by atoms with Gasteiger partial charge in [-0.2, -0.15) is 0 Å². The summed E-state index contributed by atoms with van der Waals surface area (Å²) in [6.07, 6.45) is 0.625. The van der Waals surface area contributed by atoms with Gasteiger partial charge in [-0.3, -0.25) is 14.9 Å². The van der Waals surface area contributed by atoms with Crippen LogP contribution in [-0.4, -0.2) is 34.9 Å². The van der Waals surface area contributed by atoms with Crippen molar-refractivity contribution in [2.24, 2.45) is 5.41 Å². The van der Waals surface area contributed by atoms with Crippen LogP contribution in [0.15, 0.2) is 41.4 Å². The lowest BCUT2D eigenvalue weighted by Gasteiger charge is -2.47. The number of hydrogen-bond donors (Lipinski definition) is 1. The number of Topliss-reactive ketones (excluding diaryl/α,β-unsaturated/α-hetero) is 1. The lowest BCUT2D eigenvalue weighted by Crippen LogP contribution is -2.58. The van der Waals surface area contributed by atoms with Crippen molar-refractivity contribution in [3.05, 3.63) is 62.1 Å². The number of ketones is 1. The van der Waals surface area contributed by atoms with Crippen molar-refractivity contribution >= 4 is 17.4 Å². The van der Waals surface area contributed by atoms with Gasteiger partial charge in [-0.05, 0) is 23.6 Å². The lowest BCUT2D eigenvalue weighted by molar-refractivity contribution is -0.422. The van der Waals surface area contributed by atoms with E-state index in [1.54, 1.807) is 17.0 Å². The van der Waals surface area contributed by atoms with Crippen LogP contribution in [0.4, 0.5) is 0 Å². The highest BCUT2D eigenvalue weighted by Gasteiger charge is 2.46. The molecule has 1 atom stereocenters. The van der Waals surface area contributed by atoms with Crippen LogP contribution in [0.1, 0.15) is 24.2 Å². The first-order chi connectivity index (χ1) is 11.8. The maximum Gasteiger partial charge on any atom is 0.309 e. The highest BCUT2D eigenvalue weighted by molar-refractivity contribution is 6.31. The summed E-state index contributed by atoms with van der Waals surface area (Å²) in [6, 6.07) is 4.84. The Morgan fingerprint density at radius 2 is 2.20 bits per heavy atom. The van der Waals surface area contributed by atoms with Gasteiger partial charge in [-0.15, -0.1) is 0 Å². The molecule has 3 heterocycles. The third-order valence-corrected chi connectivity index (χ3v) is 4.82. The minimum atomic E-state index is -0.688. The number of allylic oxidation sites excluding steroid dienone is 1. The molecule has 1 saturated heterocycles. The zero-order chi connectivity index (χ0) is 17.9. The van der Waals surface area contributed by atoms with Crippen LogP contribution >= 0.6 is 11.6 Å². The molecule has 1 aromatic rings. The van der Waals surface area contributed by atoms with Gasteiger partial charge in [0.05, 0.1) is 16.1 Å². The molecule has 25 heavy (non-hydrogen) atoms. The van der Waals surface area contributed by atoms with E-state index in [2.05, 4.69) is 19.2 Å². The maximum absolute atomic E-state index is 12.9. The number of nitrogens with zero attached hydrogens (tertiary/aromatic N) is 2. The van der Waals surface area contributed by atoms with E-state index < -0.39 is 11.2 Å². The van der Waals surface area contributed by atoms with Crippen molar-refractivity contribution in [3.8, 4) is 5.75 Å². The molecule has 1 N–H and O–H groups in total. The predicted octanol–water partition coefficient (Wildman–Crippen LogP) is 2.56. The van der Waals surface area contributed by atoms with Crippen molar-refractivity contribution in [1.29, 1.82) is 0 Å². The van der Waals surface area contributed by atoms with Crippen LogP contribution in [-0.2, 0) is 0 Å². The average Bonchev–Trinajstić information content (AvgIpc) is 2.54. The molecule has 3 aliphatic rings. The molecular formula is C17H16ClN3O4. The maximum atomic E-state index is 12.9. The normalized spacial score (nSPS) is 23.6. The number of carbonyl (C=O) groups excluding carboxylic acids is 1. The monoisotopic (exact) mass is 361 g/mol. The third-order valence-electron chi connectivity index (χ3n) is 4.59. The quantitative estimate of drug-likeness (QED) is 0.611. The molecule has 0 radical (unpaired) electrons. The number of nitro groups is 1. The molecule has 1 unspecified atom stereocenters. The smallest absolute Gasteiger partial charge is 0.309 e. The molecule has 0 amide bonds. The number of rotatable bonds is 1. The molecule has 1 aromatic carbocycles. The van der Waals surface area contributed by atoms with Crippen molar-refractivity contribution in [2.75, 3.05) is 13.1 Å². The van der Waals surface area contributed by atoms with Gasteiger partial charge in [0.25, 0.3) is 0 Å². The molecule has 1 fully saturated rings. The fourth-order valence-corrected chi connectivity index (χ4v) is 3.59. The van der Waals surface area contributed by atoms with Crippen molar-refractivity contribution < 1.29 is 14.5 Å². The molecule has 0 spiro atoms. The Morgan fingerprint density at radius 3 is 2.92 bits per heavy atom. The van der Waals surface area contributed by atoms with Gasteiger partial charge in [-0.1, -0.05) is 25.4 Å². The number of halogens is 1. The number of hydrogen-bond acceptors (Lipinski definition) is 6. The van der Waals surface area contributed by atoms with E-state index in [4.69, 9.17) is 16.3 Å². The van der Waals surface area contributed by atoms with Gasteiger partial charge in [0.15, 0.2) is 11.6 Å². The second-order valence-corrected chi connectivity index (χ2v) is 7.61. The van der Waals surface area contributed by atoms with Crippen LogP contribution in [0.3, 0.4) is 0 Å². The van der Waals surface area contributed by atoms with E-state index in [0.29, 0.717) is 35.2 Å². The second-order valence-electron chi connectivity index (χ2n) is 7.18. The number of fused-ring (bicyclic) bond motifs is 4. The summed E-state index contributed by atoms with van der Waals surface area (Å²) in [7, 11) is 0. The molecular weight excluding hydrogens is 346 g/mol. The SMILES string of the molecule is CC1(C)CNC2=C([N+](=O)[O-])C=C3C(=O)c4cc(Cl)ccc4OC3N2C1. The summed E-state index contributed by atoms with van der Waals surface area (Å²) in [5.74, 6) is 0.530. The molecule has 8 heteroatoms. The van der Waals surface area contributed by atoms with Crippen molar-refractivity contribution in [2.45, 2.75) is 20.1 Å². The van der Waals surface area contributed by atoms with Gasteiger partial charge in [0.1, 0.15) is 5.75 Å². The van der Waals surface area contributed by atoms with E-state index in [1.807, 2.05) is 0 Å². The fraction of sp³-hybridized carbons (Fsp3) is 0.353. The molecule has 4 rings (SSSR count). The second kappa shape index (κ2) is 5.23. The summed E-state index contributed by atoms with van der Waals surface area (Å²) in [4.78, 5) is 25.7. The van der Waals surface area contributed by atoms with Gasteiger partial charge in [-0.25, -0.2) is 0 Å². The Kier molecular flexibility index (Phi) is 3.34. The number of carbonyl (C=O) groups is 1. The highest BCUT2D eigenvalue weighted by atomic mass is 35.5. The summed E-state index contributed by atoms with van der Waals surface area (Å²) in [5, 5.41) is 15.1. The zero-order valence-corrected chi connectivity index (χ0v) is 14.5. The molecule has 0 saturated carbocycles. The first-order valence-electron chi connectivity index (χ1n) is 7.88. The first-order valence-corrected chi connectivity index (χ1v) is 8.26. The van der Waals surface area contributed by atoms with Gasteiger partial charge < -0.3 is 15.0 Å². The van der Waals surface area contributed by atoms with E-state index in [-0.39, 0.29) is 22.5 Å². The molecule has 7 nitrogen and oxygen atoms in total. The van der Waals surface area contributed by atoms with Crippen LogP contribution in [0, 0.1) is 15.5 Å². The summed E-state index contributed by atoms with van der Waals surface area (Å²) in [6.45, 7) is 5.25. The Hall–Kier alpha value is -2.54. The Bertz CT molecular complexity index is 875. The molecule has 0 aromatic heterocycles. The molecule has 0 aliphatic carbocycles. The Balaban J connectivity index is 1.87. The average molecular weight is 362 g/mol. The Morgan fingerprint density at radius 1 is 1.44 bits per heavy atom. The number of benzene rings is 1. The predicted molar refractivity (Wildman–Crippen MR) is 90.8 cm³/mol. The molecule has 3 aliphatic heterocycles. The van der Waals surface area contributed by atoms with Crippen LogP contribution in [0.2, 0.25) is 5.02 Å².